The van der Waals surface area contributed by atoms with E-state index in [1.165, 1.54) is 11.1 Å². The van der Waals surface area contributed by atoms with Gasteiger partial charge < -0.3 is 14.3 Å². The van der Waals surface area contributed by atoms with E-state index in [-0.39, 0.29) is 24.2 Å². The normalized spacial score (nSPS) is 20.8. The molecular formula is C20H25IO3. The molecule has 0 unspecified atom stereocenters. The molecule has 4 heteroatoms. The second-order valence-electron chi connectivity index (χ2n) is 6.35. The van der Waals surface area contributed by atoms with Gasteiger partial charge in [-0.3, -0.25) is 0 Å². The summed E-state index contributed by atoms with van der Waals surface area (Å²) in [5.41, 5.74) is 2.40. The van der Waals surface area contributed by atoms with E-state index in [1.54, 1.807) is 19.3 Å². The van der Waals surface area contributed by atoms with Crippen molar-refractivity contribution in [1.29, 1.82) is 0 Å². The van der Waals surface area contributed by atoms with Crippen molar-refractivity contribution in [3.05, 3.63) is 23.3 Å². The zero-order valence-electron chi connectivity index (χ0n) is 14.8. The molecule has 0 heterocycles. The Morgan fingerprint density at radius 3 is 2.71 bits per heavy atom. The number of halogens is 1. The first-order valence-electron chi connectivity index (χ1n) is 7.99. The number of hydrogen-bond donors (Lipinski definition) is 0. The van der Waals surface area contributed by atoms with E-state index in [0.717, 1.165) is 19.1 Å². The Morgan fingerprint density at radius 2 is 2.08 bits per heavy atom. The molecule has 3 nitrogen and oxygen atoms in total. The van der Waals surface area contributed by atoms with Gasteiger partial charge in [0.15, 0.2) is 0 Å². The predicted octanol–water partition coefficient (Wildman–Crippen LogP) is 4.27. The maximum Gasteiger partial charge on any atom is 0.148 e. The Hall–Kier alpha value is -1.08. The highest BCUT2D eigenvalue weighted by atomic mass is 127. The number of rotatable bonds is 6. The summed E-state index contributed by atoms with van der Waals surface area (Å²) in [6.07, 6.45) is 6.64. The molecule has 0 spiro atoms. The van der Waals surface area contributed by atoms with Gasteiger partial charge in [0.05, 0.1) is 0 Å². The average molecular weight is 440 g/mol. The van der Waals surface area contributed by atoms with Crippen LogP contribution in [0.2, 0.25) is 0 Å². The minimum atomic E-state index is -0.244. The van der Waals surface area contributed by atoms with Crippen LogP contribution >= 0.6 is 22.6 Å². The molecule has 0 aliphatic heterocycles. The third kappa shape index (κ3) is 5.77. The topological polar surface area (TPSA) is 35.5 Å². The smallest absolute Gasteiger partial charge is 0.148 e. The van der Waals surface area contributed by atoms with Crippen molar-refractivity contribution in [3.63, 3.8) is 0 Å². The highest BCUT2D eigenvalue weighted by Gasteiger charge is 2.41. The Bertz CT molecular complexity index is 608. The van der Waals surface area contributed by atoms with Gasteiger partial charge in [-0.1, -0.05) is 42.8 Å². The van der Waals surface area contributed by atoms with Crippen molar-refractivity contribution in [2.75, 3.05) is 13.9 Å². The van der Waals surface area contributed by atoms with Gasteiger partial charge in [-0.25, -0.2) is 0 Å². The molecule has 0 aromatic heterocycles. The predicted molar refractivity (Wildman–Crippen MR) is 105 cm³/mol. The van der Waals surface area contributed by atoms with Crippen molar-refractivity contribution >= 4 is 28.9 Å². The maximum atomic E-state index is 11.1. The number of carbonyl (C=O) groups is 1. The molecule has 0 bridgehead atoms. The summed E-state index contributed by atoms with van der Waals surface area (Å²) in [6, 6.07) is 0. The summed E-state index contributed by atoms with van der Waals surface area (Å²) >= 11 is 1.99. The van der Waals surface area contributed by atoms with E-state index in [2.05, 4.69) is 42.5 Å². The Morgan fingerprint density at radius 1 is 1.38 bits per heavy atom. The first-order valence-corrected chi connectivity index (χ1v) is 9.07. The van der Waals surface area contributed by atoms with Crippen LogP contribution in [0.15, 0.2) is 23.3 Å². The molecule has 130 valence electrons. The summed E-state index contributed by atoms with van der Waals surface area (Å²) in [5.74, 6) is 9.26. The van der Waals surface area contributed by atoms with Gasteiger partial charge in [-0.05, 0) is 41.3 Å². The van der Waals surface area contributed by atoms with Crippen LogP contribution in [0.3, 0.4) is 0 Å². The second-order valence-corrected chi connectivity index (χ2v) is 6.89. The quantitative estimate of drug-likeness (QED) is 0.204. The lowest BCUT2D eigenvalue weighted by molar-refractivity contribution is -0.108. The maximum absolute atomic E-state index is 11.1. The van der Waals surface area contributed by atoms with Gasteiger partial charge in [-0.15, -0.1) is 0 Å². The molecule has 0 aromatic carbocycles. The molecule has 1 rings (SSSR count). The highest BCUT2D eigenvalue weighted by Crippen LogP contribution is 2.47. The first kappa shape index (κ1) is 21.0. The fourth-order valence-electron chi connectivity index (χ4n) is 3.35. The molecule has 1 aliphatic carbocycles. The van der Waals surface area contributed by atoms with Crippen LogP contribution in [0.5, 0.6) is 0 Å². The summed E-state index contributed by atoms with van der Waals surface area (Å²) in [4.78, 5) is 11.1. The van der Waals surface area contributed by atoms with Crippen LogP contribution in [-0.4, -0.2) is 26.3 Å². The minimum Gasteiger partial charge on any atom is -0.359 e. The number of carbonyl (C=O) groups excluding carboxylic acids is 1. The van der Waals surface area contributed by atoms with E-state index < -0.39 is 0 Å². The summed E-state index contributed by atoms with van der Waals surface area (Å²) in [5, 5.41) is 0. The molecule has 2 atom stereocenters. The van der Waals surface area contributed by atoms with Crippen LogP contribution in [0.4, 0.5) is 0 Å². The third-order valence-corrected chi connectivity index (χ3v) is 4.91. The van der Waals surface area contributed by atoms with Crippen LogP contribution in [0.25, 0.3) is 0 Å². The fourth-order valence-corrected chi connectivity index (χ4v) is 3.53. The highest BCUT2D eigenvalue weighted by molar-refractivity contribution is 14.1. The molecule has 0 N–H and O–H groups in total. The van der Waals surface area contributed by atoms with E-state index in [4.69, 9.17) is 9.47 Å². The molecule has 0 saturated heterocycles. The average Bonchev–Trinajstić information content (AvgIpc) is 2.54. The monoisotopic (exact) mass is 440 g/mol. The number of aldehydes is 1. The van der Waals surface area contributed by atoms with Crippen molar-refractivity contribution in [2.45, 2.75) is 46.1 Å². The van der Waals surface area contributed by atoms with Gasteiger partial charge >= 0.3 is 0 Å². The first-order chi connectivity index (χ1) is 11.5. The van der Waals surface area contributed by atoms with E-state index in [9.17, 15) is 4.79 Å². The summed E-state index contributed by atoms with van der Waals surface area (Å²) < 4.78 is 13.7. The molecule has 0 aromatic rings. The molecular weight excluding hydrogens is 415 g/mol. The van der Waals surface area contributed by atoms with Crippen molar-refractivity contribution in [2.24, 2.45) is 11.3 Å². The largest absolute Gasteiger partial charge is 0.359 e. The zero-order valence-corrected chi connectivity index (χ0v) is 17.0. The standard InChI is InChI=1S/C20H25IO3/c1-16-10-11-18(20(2,3)17(16)12-14-22)19(24-15-23-4)9-7-5-6-8-13-21/h5-6,14,18-19H,10-12,15H2,1-4H3/b6-5+/t18-,19+/m0/s1. The van der Waals surface area contributed by atoms with Crippen molar-refractivity contribution in [3.8, 4) is 21.7 Å². The summed E-state index contributed by atoms with van der Waals surface area (Å²) in [7, 11) is 1.61. The van der Waals surface area contributed by atoms with E-state index in [0.29, 0.717) is 6.42 Å². The zero-order chi connectivity index (χ0) is 18.0. The van der Waals surface area contributed by atoms with Gasteiger partial charge in [0, 0.05) is 42.0 Å². The lowest BCUT2D eigenvalue weighted by Crippen LogP contribution is -2.39. The Kier molecular flexibility index (Phi) is 9.36. The Balaban J connectivity index is 3.08. The number of hydrogen-bond acceptors (Lipinski definition) is 3. The van der Waals surface area contributed by atoms with Gasteiger partial charge in [0.1, 0.15) is 19.2 Å². The van der Waals surface area contributed by atoms with Crippen LogP contribution in [0, 0.1) is 33.0 Å². The van der Waals surface area contributed by atoms with Gasteiger partial charge in [0.25, 0.3) is 0 Å². The van der Waals surface area contributed by atoms with Crippen LogP contribution in [0.1, 0.15) is 40.0 Å². The number of methoxy groups -OCH3 is 1. The molecule has 0 fully saturated rings. The number of ether oxygens (including phenoxy) is 2. The third-order valence-electron chi connectivity index (χ3n) is 4.60. The van der Waals surface area contributed by atoms with Crippen molar-refractivity contribution < 1.29 is 14.3 Å². The van der Waals surface area contributed by atoms with Crippen LogP contribution in [-0.2, 0) is 14.3 Å². The SMILES string of the molecule is COCO[C@H](C#C/C=C/C#CI)[C@@H]1CCC(C)=C(CC=O)C1(C)C. The molecule has 0 amide bonds. The summed E-state index contributed by atoms with van der Waals surface area (Å²) in [6.45, 7) is 6.69. The lowest BCUT2D eigenvalue weighted by atomic mass is 9.63. The van der Waals surface area contributed by atoms with Gasteiger partial charge in [-0.2, -0.15) is 0 Å². The molecule has 1 aliphatic rings. The van der Waals surface area contributed by atoms with Gasteiger partial charge in [0.2, 0.25) is 0 Å². The Labute approximate surface area is 159 Å². The lowest BCUT2D eigenvalue weighted by Gasteiger charge is -2.43. The fraction of sp³-hybridized carbons (Fsp3) is 0.550. The van der Waals surface area contributed by atoms with E-state index in [1.807, 2.05) is 22.6 Å². The van der Waals surface area contributed by atoms with E-state index >= 15 is 0 Å². The molecule has 0 radical (unpaired) electrons. The van der Waals surface area contributed by atoms with Crippen molar-refractivity contribution in [1.82, 2.24) is 0 Å². The molecule has 0 saturated carbocycles. The molecule has 24 heavy (non-hydrogen) atoms. The minimum absolute atomic E-state index is 0.137. The second kappa shape index (κ2) is 10.7. The number of allylic oxidation sites excluding steroid dienone is 4. The van der Waals surface area contributed by atoms with Crippen LogP contribution < -0.4 is 0 Å².